The molecule has 21 heavy (non-hydrogen) atoms. The molecule has 8 nitrogen and oxygen atoms in total. The van der Waals surface area contributed by atoms with Crippen LogP contribution < -0.4 is 4.74 Å². The average Bonchev–Trinajstić information content (AvgIpc) is 2.44. The van der Waals surface area contributed by atoms with E-state index in [0.29, 0.717) is 0 Å². The molecule has 0 aliphatic carbocycles. The van der Waals surface area contributed by atoms with E-state index >= 15 is 0 Å². The minimum Gasteiger partial charge on any atom is -0.496 e. The number of carboxylic acids is 1. The number of methoxy groups -OCH3 is 1. The van der Waals surface area contributed by atoms with Gasteiger partial charge in [0.05, 0.1) is 12.0 Å². The summed E-state index contributed by atoms with van der Waals surface area (Å²) in [7, 11) is 1.27. The maximum absolute atomic E-state index is 12.4. The zero-order valence-corrected chi connectivity index (χ0v) is 11.3. The van der Waals surface area contributed by atoms with Crippen molar-refractivity contribution in [1.29, 1.82) is 0 Å². The summed E-state index contributed by atoms with van der Waals surface area (Å²) in [5.74, 6) is -2.03. The van der Waals surface area contributed by atoms with E-state index in [1.807, 2.05) is 0 Å². The van der Waals surface area contributed by atoms with E-state index in [4.69, 9.17) is 9.84 Å². The molecule has 0 aromatic heterocycles. The number of rotatable bonds is 7. The van der Waals surface area contributed by atoms with E-state index in [1.54, 1.807) is 0 Å². The van der Waals surface area contributed by atoms with E-state index in [9.17, 15) is 19.7 Å². The number of ether oxygens (including phenoxy) is 1. The van der Waals surface area contributed by atoms with Gasteiger partial charge < -0.3 is 14.7 Å². The second-order valence-electron chi connectivity index (χ2n) is 3.98. The van der Waals surface area contributed by atoms with Gasteiger partial charge in [-0.05, 0) is 6.07 Å². The van der Waals surface area contributed by atoms with E-state index in [1.165, 1.54) is 25.3 Å². The van der Waals surface area contributed by atoms with Gasteiger partial charge in [-0.3, -0.25) is 19.7 Å². The monoisotopic (exact) mass is 294 g/mol. The molecule has 0 saturated carbocycles. The maximum atomic E-state index is 12.4. The Morgan fingerprint density at radius 2 is 2.19 bits per heavy atom. The molecule has 0 fully saturated rings. The smallest absolute Gasteiger partial charge is 0.323 e. The lowest BCUT2D eigenvalue weighted by Crippen LogP contribution is -2.36. The molecule has 0 atom stereocenters. The second kappa shape index (κ2) is 7.04. The highest BCUT2D eigenvalue weighted by Crippen LogP contribution is 2.29. The lowest BCUT2D eigenvalue weighted by atomic mass is 10.1. The van der Waals surface area contributed by atoms with Crippen LogP contribution in [0.15, 0.2) is 30.9 Å². The van der Waals surface area contributed by atoms with Gasteiger partial charge in [-0.25, -0.2) is 0 Å². The van der Waals surface area contributed by atoms with Gasteiger partial charge in [-0.1, -0.05) is 12.1 Å². The summed E-state index contributed by atoms with van der Waals surface area (Å²) >= 11 is 0. The molecule has 112 valence electrons. The van der Waals surface area contributed by atoms with E-state index in [2.05, 4.69) is 6.58 Å². The molecule has 1 aromatic rings. The summed E-state index contributed by atoms with van der Waals surface area (Å²) in [4.78, 5) is 34.5. The van der Waals surface area contributed by atoms with Crippen LogP contribution in [0.3, 0.4) is 0 Å². The first-order valence-corrected chi connectivity index (χ1v) is 5.85. The van der Waals surface area contributed by atoms with Crippen LogP contribution in [0.2, 0.25) is 0 Å². The molecule has 0 bridgehead atoms. The third kappa shape index (κ3) is 3.78. The first-order valence-electron chi connectivity index (χ1n) is 5.85. The fourth-order valence-electron chi connectivity index (χ4n) is 1.75. The highest BCUT2D eigenvalue weighted by Gasteiger charge is 2.29. The Labute approximate surface area is 120 Å². The molecular weight excluding hydrogens is 280 g/mol. The summed E-state index contributed by atoms with van der Waals surface area (Å²) in [6.07, 6.45) is 1.34. The van der Waals surface area contributed by atoms with Crippen LogP contribution in [0.1, 0.15) is 10.4 Å². The summed E-state index contributed by atoms with van der Waals surface area (Å²) in [5.41, 5.74) is -0.730. The number of nitro benzene ring substituents is 1. The molecule has 1 N–H and O–H groups in total. The normalized spacial score (nSPS) is 9.76. The SMILES string of the molecule is C=CCN(CC(=O)O)C(=O)c1c(OC)cccc1[N+](=O)[O-]. The minimum absolute atomic E-state index is 0.00801. The zero-order valence-electron chi connectivity index (χ0n) is 11.3. The largest absolute Gasteiger partial charge is 0.496 e. The first kappa shape index (κ1) is 16.2. The lowest BCUT2D eigenvalue weighted by molar-refractivity contribution is -0.385. The molecule has 0 aliphatic rings. The fraction of sp³-hybridized carbons (Fsp3) is 0.231. The molecule has 1 amide bonds. The van der Waals surface area contributed by atoms with E-state index in [-0.39, 0.29) is 17.9 Å². The summed E-state index contributed by atoms with van der Waals surface area (Å²) < 4.78 is 4.97. The van der Waals surface area contributed by atoms with Gasteiger partial charge in [-0.2, -0.15) is 0 Å². The van der Waals surface area contributed by atoms with Crippen LogP contribution >= 0.6 is 0 Å². The van der Waals surface area contributed by atoms with E-state index in [0.717, 1.165) is 11.0 Å². The fourth-order valence-corrected chi connectivity index (χ4v) is 1.75. The van der Waals surface area contributed by atoms with Crippen molar-refractivity contribution in [3.63, 3.8) is 0 Å². The molecular formula is C13H14N2O6. The number of carbonyl (C=O) groups excluding carboxylic acids is 1. The van der Waals surface area contributed by atoms with Crippen LogP contribution in [0.25, 0.3) is 0 Å². The molecule has 8 heteroatoms. The summed E-state index contributed by atoms with van der Waals surface area (Å²) in [5, 5.41) is 19.9. The van der Waals surface area contributed by atoms with Gasteiger partial charge >= 0.3 is 5.97 Å². The van der Waals surface area contributed by atoms with Crippen LogP contribution in [0.5, 0.6) is 5.75 Å². The average molecular weight is 294 g/mol. The number of nitrogens with zero attached hydrogens (tertiary/aromatic N) is 2. The Morgan fingerprint density at radius 3 is 2.67 bits per heavy atom. The van der Waals surface area contributed by atoms with Crippen molar-refractivity contribution < 1.29 is 24.4 Å². The van der Waals surface area contributed by atoms with Crippen molar-refractivity contribution in [2.45, 2.75) is 0 Å². The number of aliphatic carboxylic acids is 1. The van der Waals surface area contributed by atoms with Gasteiger partial charge in [0, 0.05) is 12.6 Å². The molecule has 0 spiro atoms. The lowest BCUT2D eigenvalue weighted by Gasteiger charge is -2.19. The third-order valence-electron chi connectivity index (χ3n) is 2.60. The van der Waals surface area contributed by atoms with Gasteiger partial charge in [0.1, 0.15) is 12.3 Å². The highest BCUT2D eigenvalue weighted by molar-refractivity contribution is 6.02. The summed E-state index contributed by atoms with van der Waals surface area (Å²) in [6.45, 7) is 2.78. The van der Waals surface area contributed by atoms with Crippen molar-refractivity contribution in [1.82, 2.24) is 4.90 Å². The molecule has 0 aliphatic heterocycles. The van der Waals surface area contributed by atoms with E-state index < -0.39 is 29.0 Å². The molecule has 0 heterocycles. The van der Waals surface area contributed by atoms with Gasteiger partial charge in [0.15, 0.2) is 5.56 Å². The minimum atomic E-state index is -1.23. The van der Waals surface area contributed by atoms with Crippen molar-refractivity contribution in [3.05, 3.63) is 46.5 Å². The molecule has 0 unspecified atom stereocenters. The Bertz CT molecular complexity index is 584. The number of benzene rings is 1. The molecule has 0 saturated heterocycles. The van der Waals surface area contributed by atoms with Crippen LogP contribution in [-0.2, 0) is 4.79 Å². The van der Waals surface area contributed by atoms with Gasteiger partial charge in [0.2, 0.25) is 0 Å². The van der Waals surface area contributed by atoms with Gasteiger partial charge in [0.25, 0.3) is 11.6 Å². The Kier molecular flexibility index (Phi) is 5.41. The Morgan fingerprint density at radius 1 is 1.52 bits per heavy atom. The molecule has 0 radical (unpaired) electrons. The quantitative estimate of drug-likeness (QED) is 0.461. The van der Waals surface area contributed by atoms with Crippen LogP contribution in [0, 0.1) is 10.1 Å². The topological polar surface area (TPSA) is 110 Å². The van der Waals surface area contributed by atoms with Crippen LogP contribution in [0.4, 0.5) is 5.69 Å². The van der Waals surface area contributed by atoms with Crippen molar-refractivity contribution in [2.24, 2.45) is 0 Å². The number of carboxylic acid groups (broad SMARTS) is 1. The maximum Gasteiger partial charge on any atom is 0.323 e. The number of hydrogen-bond donors (Lipinski definition) is 1. The number of amides is 1. The van der Waals surface area contributed by atoms with Crippen molar-refractivity contribution in [2.75, 3.05) is 20.2 Å². The number of carbonyl (C=O) groups is 2. The highest BCUT2D eigenvalue weighted by atomic mass is 16.6. The molecule has 1 rings (SSSR count). The Hall–Kier alpha value is -2.90. The predicted molar refractivity (Wildman–Crippen MR) is 73.4 cm³/mol. The second-order valence-corrected chi connectivity index (χ2v) is 3.98. The number of hydrogen-bond acceptors (Lipinski definition) is 5. The van der Waals surface area contributed by atoms with Gasteiger partial charge in [-0.15, -0.1) is 6.58 Å². The standard InChI is InChI=1S/C13H14N2O6/c1-3-7-14(8-11(16)17)13(18)12-9(15(19)20)5-4-6-10(12)21-2/h3-6H,1,7-8H2,2H3,(H,16,17). The Balaban J connectivity index is 3.34. The van der Waals surface area contributed by atoms with Crippen molar-refractivity contribution >= 4 is 17.6 Å². The first-order chi connectivity index (χ1) is 9.92. The third-order valence-corrected chi connectivity index (χ3v) is 2.60. The predicted octanol–water partition coefficient (Wildman–Crippen LogP) is 1.32. The zero-order chi connectivity index (χ0) is 16.0. The summed E-state index contributed by atoms with van der Waals surface area (Å²) in [6, 6.07) is 3.93. The van der Waals surface area contributed by atoms with Crippen LogP contribution in [-0.4, -0.2) is 47.0 Å². The molecule has 1 aromatic carbocycles. The number of nitro groups is 1. The van der Waals surface area contributed by atoms with Crippen molar-refractivity contribution in [3.8, 4) is 5.75 Å².